The zero-order valence-electron chi connectivity index (χ0n) is 50.6. The molecule has 5 aliphatic heterocycles. The number of hydrogen-bond acceptors (Lipinski definition) is 16. The van der Waals surface area contributed by atoms with Crippen LogP contribution in [0.3, 0.4) is 0 Å². The molecule has 6 aromatic heterocycles. The van der Waals surface area contributed by atoms with Crippen LogP contribution in [0.2, 0.25) is 0 Å². The molecule has 88 heavy (non-hydrogen) atoms. The van der Waals surface area contributed by atoms with Crippen molar-refractivity contribution in [2.75, 3.05) is 99.5 Å². The second-order valence-electron chi connectivity index (χ2n) is 23.2. The smallest absolute Gasteiger partial charge is 0.400 e. The predicted molar refractivity (Wildman–Crippen MR) is 341 cm³/mol. The molecule has 2 aromatic carbocycles. The van der Waals surface area contributed by atoms with Gasteiger partial charge in [0.25, 0.3) is 0 Å². The molecule has 0 radical (unpaired) electrons. The molecule has 8 aromatic rings. The first-order valence-corrected chi connectivity index (χ1v) is 30.3. The van der Waals surface area contributed by atoms with Gasteiger partial charge in [-0.15, -0.1) is 0 Å². The Hall–Kier alpha value is -7.44. The van der Waals surface area contributed by atoms with Gasteiger partial charge in [-0.05, 0) is 131 Å². The highest BCUT2D eigenvalue weighted by Gasteiger charge is 2.52. The van der Waals surface area contributed by atoms with Crippen LogP contribution < -0.4 is 20.4 Å². The van der Waals surface area contributed by atoms with E-state index in [-0.39, 0.29) is 40.1 Å². The second-order valence-corrected chi connectivity index (χ2v) is 24.1. The summed E-state index contributed by atoms with van der Waals surface area (Å²) in [7, 11) is -0.182. The lowest BCUT2D eigenvalue weighted by Crippen LogP contribution is -2.41. The van der Waals surface area contributed by atoms with Crippen molar-refractivity contribution >= 4 is 84.8 Å². The van der Waals surface area contributed by atoms with E-state index < -0.39 is 23.3 Å². The van der Waals surface area contributed by atoms with Crippen molar-refractivity contribution in [3.63, 3.8) is 0 Å². The van der Waals surface area contributed by atoms with E-state index in [0.29, 0.717) is 102 Å². The first-order valence-electron chi connectivity index (χ1n) is 29.5. The highest BCUT2D eigenvalue weighted by atomic mass is 79.9. The number of anilines is 6. The van der Waals surface area contributed by atoms with Gasteiger partial charge in [-0.3, -0.25) is 9.97 Å². The van der Waals surface area contributed by atoms with Gasteiger partial charge in [0.15, 0.2) is 0 Å². The summed E-state index contributed by atoms with van der Waals surface area (Å²) in [6.45, 7) is 24.0. The van der Waals surface area contributed by atoms with E-state index in [2.05, 4.69) is 101 Å². The lowest BCUT2D eigenvalue weighted by atomic mass is 9.75. The first kappa shape index (κ1) is 62.2. The number of halogens is 5. The Morgan fingerprint density at radius 3 is 1.50 bits per heavy atom. The summed E-state index contributed by atoms with van der Waals surface area (Å²) in [5.41, 5.74) is 11.5. The molecule has 0 amide bonds. The average molecular weight is 1270 g/mol. The fraction of sp³-hybridized carbons (Fsp3) is 0.364. The van der Waals surface area contributed by atoms with Crippen molar-refractivity contribution < 1.29 is 45.8 Å². The quantitative estimate of drug-likeness (QED) is 0.0981. The normalized spacial score (nSPS) is 17.4. The zero-order chi connectivity index (χ0) is 61.9. The maximum absolute atomic E-state index is 15.4. The lowest BCUT2D eigenvalue weighted by Gasteiger charge is -2.32. The Labute approximate surface area is 518 Å². The second kappa shape index (κ2) is 26.7. The van der Waals surface area contributed by atoms with Gasteiger partial charge in [0.1, 0.15) is 34.9 Å². The maximum atomic E-state index is 15.4. The molecule has 0 aliphatic carbocycles. The van der Waals surface area contributed by atoms with Crippen molar-refractivity contribution in [1.82, 2.24) is 29.9 Å². The Morgan fingerprint density at radius 1 is 0.545 bits per heavy atom. The molecule has 16 nitrogen and oxygen atoms in total. The summed E-state index contributed by atoms with van der Waals surface area (Å²) in [5, 5.41) is 7.35. The third-order valence-corrected chi connectivity index (χ3v) is 17.2. The molecule has 458 valence electrons. The van der Waals surface area contributed by atoms with E-state index in [9.17, 15) is 8.78 Å². The molecule has 5 aliphatic rings. The van der Waals surface area contributed by atoms with E-state index >= 15 is 8.78 Å². The Morgan fingerprint density at radius 2 is 1.02 bits per heavy atom. The van der Waals surface area contributed by atoms with Gasteiger partial charge in [-0.1, -0.05) is 12.2 Å². The number of benzene rings is 2. The molecule has 0 unspecified atom stereocenters. The number of nitrogens with zero attached hydrogens (tertiary/aromatic N) is 8. The highest BCUT2D eigenvalue weighted by Crippen LogP contribution is 2.43. The number of aryl methyl sites for hydroxylation is 2. The minimum atomic E-state index is -0.685. The molecule has 0 saturated carbocycles. The predicted octanol–water partition coefficient (Wildman–Crippen LogP) is 13.9. The van der Waals surface area contributed by atoms with Crippen molar-refractivity contribution in [2.45, 2.75) is 79.4 Å². The van der Waals surface area contributed by atoms with Gasteiger partial charge >= 0.3 is 7.12 Å². The summed E-state index contributed by atoms with van der Waals surface area (Å²) in [4.78, 5) is 31.8. The number of nitrogens with one attached hydrogen (secondary N) is 2. The average Bonchev–Trinajstić information content (AvgIpc) is 1.72. The number of pyridine rings is 6. The van der Waals surface area contributed by atoms with Gasteiger partial charge in [-0.2, -0.15) is 0 Å². The monoisotopic (exact) mass is 1260 g/mol. The number of morpholine rings is 2. The van der Waals surface area contributed by atoms with Crippen LogP contribution in [-0.4, -0.2) is 127 Å². The molecule has 3 fully saturated rings. The zero-order valence-corrected chi connectivity index (χ0v) is 52.2. The summed E-state index contributed by atoms with van der Waals surface area (Å²) in [6.07, 6.45) is 12.8. The minimum absolute atomic E-state index is 0.182. The SMILES string of the molecule is CC1(C)OB(C2=CCOCC2)OC1(C)C.Cc1ccnc(-c2nc3cc(F)cc(F)c3c(Nc3cc(N4CCOCC4)ncc3Br)c2C)c1.Cc1ccnc(-c2nc3cc(F)cc(F)c3c(Nc3cc(N4CCOCC4)ncc3C3=CCOCC3)c2C)c1. The van der Waals surface area contributed by atoms with Crippen LogP contribution in [-0.2, 0) is 28.3 Å². The Bertz CT molecular complexity index is 3960. The van der Waals surface area contributed by atoms with E-state index in [0.717, 1.165) is 97.3 Å². The fourth-order valence-electron chi connectivity index (χ4n) is 11.0. The molecule has 0 spiro atoms. The van der Waals surface area contributed by atoms with Crippen molar-refractivity contribution in [1.29, 1.82) is 0 Å². The van der Waals surface area contributed by atoms with Gasteiger partial charge < -0.3 is 48.7 Å². The molecule has 13 rings (SSSR count). The highest BCUT2D eigenvalue weighted by molar-refractivity contribution is 9.10. The molecule has 3 saturated heterocycles. The Balaban J connectivity index is 0.000000149. The third kappa shape index (κ3) is 13.7. The minimum Gasteiger partial charge on any atom is -0.400 e. The standard InChI is InChI=1S/C30H29F2N5O2.C25H22BrF2N5O.C11H19BO3/c1-18-3-6-33-26(13-18)29-19(2)30(28-23(32)14-21(31)15-25(28)36-29)35-24-16-27(37-7-11-39-12-8-37)34-17-22(24)20-4-9-38-10-5-20;1-14-3-4-29-21(9-14)24-15(2)25(23-18(28)10-16(27)11-20(23)32-24)31-19-12-22(30-13-17(19)26)33-5-7-34-8-6-33;1-10(2)11(3,4)15-12(14-10)9-5-7-13-8-6-9/h3-4,6,13-17H,5,7-12H2,1-2H3,(H,34,35,36);3-4,9-13H,5-8H2,1-2H3,(H,30,31,32);5H,6-8H2,1-4H3. The number of aromatic nitrogens is 6. The first-order chi connectivity index (χ1) is 42.3. The van der Waals surface area contributed by atoms with Crippen LogP contribution in [0.5, 0.6) is 0 Å². The number of fused-ring (bicyclic) bond motifs is 2. The molecule has 0 atom stereocenters. The van der Waals surface area contributed by atoms with Crippen LogP contribution in [0.4, 0.5) is 51.9 Å². The van der Waals surface area contributed by atoms with Crippen LogP contribution in [0, 0.1) is 51.0 Å². The molecule has 2 N–H and O–H groups in total. The maximum Gasteiger partial charge on any atom is 0.490 e. The van der Waals surface area contributed by atoms with Crippen molar-refractivity contribution in [3.8, 4) is 22.8 Å². The van der Waals surface area contributed by atoms with E-state index in [1.54, 1.807) is 18.6 Å². The molecular weight excluding hydrogens is 1200 g/mol. The fourth-order valence-corrected chi connectivity index (χ4v) is 11.3. The van der Waals surface area contributed by atoms with Crippen LogP contribution in [0.25, 0.3) is 50.2 Å². The van der Waals surface area contributed by atoms with Crippen LogP contribution >= 0.6 is 15.9 Å². The topological polar surface area (TPSA) is 163 Å². The summed E-state index contributed by atoms with van der Waals surface area (Å²) in [6, 6.07) is 15.8. The number of rotatable bonds is 10. The summed E-state index contributed by atoms with van der Waals surface area (Å²) < 4.78 is 93.4. The molecule has 22 heteroatoms. The van der Waals surface area contributed by atoms with Crippen molar-refractivity contribution in [2.24, 2.45) is 0 Å². The van der Waals surface area contributed by atoms with Crippen LogP contribution in [0.15, 0.2) is 108 Å². The van der Waals surface area contributed by atoms with Gasteiger partial charge in [0, 0.05) is 104 Å². The molecule has 0 bridgehead atoms. The van der Waals surface area contributed by atoms with Crippen LogP contribution in [0.1, 0.15) is 68.4 Å². The Kier molecular flexibility index (Phi) is 18.9. The molecule has 11 heterocycles. The molecular formula is C66H70BBrF4N10O6. The summed E-state index contributed by atoms with van der Waals surface area (Å²) in [5.74, 6) is -1.14. The summed E-state index contributed by atoms with van der Waals surface area (Å²) >= 11 is 3.55. The largest absolute Gasteiger partial charge is 0.490 e. The van der Waals surface area contributed by atoms with Gasteiger partial charge in [0.2, 0.25) is 0 Å². The van der Waals surface area contributed by atoms with Gasteiger partial charge in [0.05, 0.1) is 136 Å². The van der Waals surface area contributed by atoms with Crippen molar-refractivity contribution in [3.05, 3.63) is 159 Å². The van der Waals surface area contributed by atoms with Gasteiger partial charge in [-0.25, -0.2) is 37.5 Å². The van der Waals surface area contributed by atoms with E-state index in [4.69, 9.17) is 33.2 Å². The third-order valence-electron chi connectivity index (χ3n) is 16.6. The number of hydrogen-bond donors (Lipinski definition) is 2. The van der Waals surface area contributed by atoms with E-state index in [1.165, 1.54) is 17.6 Å². The lowest BCUT2D eigenvalue weighted by molar-refractivity contribution is 0.00578. The number of ether oxygens (including phenoxy) is 4. The van der Waals surface area contributed by atoms with E-state index in [1.807, 2.05) is 70.3 Å².